The van der Waals surface area contributed by atoms with Crippen LogP contribution in [0.4, 0.5) is 17.1 Å². The molecule has 0 saturated carbocycles. The summed E-state index contributed by atoms with van der Waals surface area (Å²) in [7, 11) is 0. The fourth-order valence-corrected chi connectivity index (χ4v) is 2.72. The van der Waals surface area contributed by atoms with Gasteiger partial charge in [-0.3, -0.25) is 4.79 Å². The van der Waals surface area contributed by atoms with E-state index in [2.05, 4.69) is 36.6 Å². The molecule has 8 nitrogen and oxygen atoms in total. The average molecular weight is 283 g/mol. The topological polar surface area (TPSA) is 108 Å². The average Bonchev–Trinajstić information content (AvgIpc) is 3.11. The molecule has 2 aliphatic heterocycles. The van der Waals surface area contributed by atoms with Gasteiger partial charge in [-0.2, -0.15) is 0 Å². The Labute approximate surface area is 120 Å². The Morgan fingerprint density at radius 2 is 1.90 bits per heavy atom. The third kappa shape index (κ3) is 1.69. The number of anilines is 3. The molecule has 106 valence electrons. The first-order valence-electron chi connectivity index (χ1n) is 6.57. The summed E-state index contributed by atoms with van der Waals surface area (Å²) in [5.74, 6) is 0.558. The number of carbonyl (C=O) groups excluding carboxylic acids is 1. The van der Waals surface area contributed by atoms with Crippen LogP contribution < -0.4 is 16.0 Å². The Morgan fingerprint density at radius 1 is 1.14 bits per heavy atom. The van der Waals surface area contributed by atoms with Crippen LogP contribution >= 0.6 is 0 Å². The third-order valence-electron chi connectivity index (χ3n) is 3.64. The quantitative estimate of drug-likeness (QED) is 0.590. The highest BCUT2D eigenvalue weighted by molar-refractivity contribution is 6.32. The lowest BCUT2D eigenvalue weighted by Crippen LogP contribution is -2.14. The van der Waals surface area contributed by atoms with E-state index in [1.807, 2.05) is 26.0 Å². The SMILES string of the molecule is CC(C)=C1C(=O)Nc2cc3c(cc21)NC(c1nnn[nH]1)N3. The van der Waals surface area contributed by atoms with Crippen molar-refractivity contribution in [1.82, 2.24) is 20.6 Å². The van der Waals surface area contributed by atoms with Crippen LogP contribution in [0.25, 0.3) is 5.57 Å². The Hall–Kier alpha value is -2.90. The van der Waals surface area contributed by atoms with Gasteiger partial charge in [0.25, 0.3) is 5.91 Å². The second-order valence-corrected chi connectivity index (χ2v) is 5.28. The summed E-state index contributed by atoms with van der Waals surface area (Å²) < 4.78 is 0. The molecule has 0 bridgehead atoms. The molecule has 1 atom stereocenters. The van der Waals surface area contributed by atoms with Gasteiger partial charge >= 0.3 is 0 Å². The van der Waals surface area contributed by atoms with Crippen LogP contribution in [0.3, 0.4) is 0 Å². The number of allylic oxidation sites excluding steroid dienone is 1. The molecule has 1 aromatic heterocycles. The summed E-state index contributed by atoms with van der Waals surface area (Å²) in [6, 6.07) is 3.90. The molecule has 2 aliphatic rings. The molecule has 0 radical (unpaired) electrons. The van der Waals surface area contributed by atoms with Gasteiger partial charge in [0.15, 0.2) is 12.0 Å². The van der Waals surface area contributed by atoms with Gasteiger partial charge in [0.1, 0.15) is 0 Å². The van der Waals surface area contributed by atoms with Gasteiger partial charge in [-0.1, -0.05) is 5.57 Å². The zero-order valence-corrected chi connectivity index (χ0v) is 11.5. The van der Waals surface area contributed by atoms with Crippen molar-refractivity contribution >= 4 is 28.5 Å². The van der Waals surface area contributed by atoms with Crippen molar-refractivity contribution in [2.45, 2.75) is 20.0 Å². The Balaban J connectivity index is 1.76. The van der Waals surface area contributed by atoms with Gasteiger partial charge in [-0.15, -0.1) is 5.10 Å². The van der Waals surface area contributed by atoms with Gasteiger partial charge in [0.2, 0.25) is 0 Å². The van der Waals surface area contributed by atoms with Crippen molar-refractivity contribution in [3.63, 3.8) is 0 Å². The lowest BCUT2D eigenvalue weighted by atomic mass is 10.0. The molecule has 8 heteroatoms. The number of hydrogen-bond acceptors (Lipinski definition) is 6. The third-order valence-corrected chi connectivity index (χ3v) is 3.64. The second-order valence-electron chi connectivity index (χ2n) is 5.28. The molecular weight excluding hydrogens is 270 g/mol. The first kappa shape index (κ1) is 11.9. The van der Waals surface area contributed by atoms with E-state index in [0.717, 1.165) is 33.8 Å². The van der Waals surface area contributed by atoms with Crippen LogP contribution in [0, 0.1) is 0 Å². The number of nitrogens with zero attached hydrogens (tertiary/aromatic N) is 3. The Morgan fingerprint density at radius 3 is 2.57 bits per heavy atom. The van der Waals surface area contributed by atoms with Gasteiger partial charge in [-0.25, -0.2) is 5.10 Å². The number of tetrazole rings is 1. The van der Waals surface area contributed by atoms with Gasteiger partial charge in [-0.05, 0) is 36.4 Å². The molecule has 1 amide bonds. The van der Waals surface area contributed by atoms with Gasteiger partial charge < -0.3 is 16.0 Å². The van der Waals surface area contributed by atoms with Gasteiger partial charge in [0.05, 0.1) is 17.1 Å². The summed E-state index contributed by atoms with van der Waals surface area (Å²) in [6.07, 6.45) is -0.205. The maximum absolute atomic E-state index is 12.0. The number of amides is 1. The fraction of sp³-hybridized carbons (Fsp3) is 0.231. The number of fused-ring (bicyclic) bond motifs is 2. The minimum Gasteiger partial charge on any atom is -0.357 e. The molecule has 0 spiro atoms. The molecule has 4 rings (SSSR count). The van der Waals surface area contributed by atoms with Crippen molar-refractivity contribution in [3.05, 3.63) is 29.1 Å². The van der Waals surface area contributed by atoms with Crippen molar-refractivity contribution in [2.75, 3.05) is 16.0 Å². The maximum atomic E-state index is 12.0. The number of aromatic amines is 1. The van der Waals surface area contributed by atoms with E-state index in [9.17, 15) is 4.79 Å². The highest BCUT2D eigenvalue weighted by atomic mass is 16.2. The van der Waals surface area contributed by atoms with Crippen LogP contribution in [-0.4, -0.2) is 26.5 Å². The van der Waals surface area contributed by atoms with Crippen molar-refractivity contribution in [3.8, 4) is 0 Å². The largest absolute Gasteiger partial charge is 0.357 e. The molecule has 1 aromatic carbocycles. The lowest BCUT2D eigenvalue weighted by molar-refractivity contribution is -0.110. The van der Waals surface area contributed by atoms with Crippen LogP contribution in [-0.2, 0) is 4.79 Å². The molecular formula is C13H13N7O. The van der Waals surface area contributed by atoms with E-state index < -0.39 is 0 Å². The molecule has 0 aliphatic carbocycles. The monoisotopic (exact) mass is 283 g/mol. The molecule has 2 aromatic rings. The van der Waals surface area contributed by atoms with E-state index in [0.29, 0.717) is 5.82 Å². The number of H-pyrrole nitrogens is 1. The van der Waals surface area contributed by atoms with E-state index in [-0.39, 0.29) is 12.1 Å². The minimum atomic E-state index is -0.205. The normalized spacial score (nSPS) is 18.7. The van der Waals surface area contributed by atoms with Crippen LogP contribution in [0.15, 0.2) is 17.7 Å². The zero-order chi connectivity index (χ0) is 14.6. The first-order chi connectivity index (χ1) is 10.1. The molecule has 1 unspecified atom stereocenters. The highest BCUT2D eigenvalue weighted by Crippen LogP contribution is 2.43. The molecule has 0 saturated heterocycles. The maximum Gasteiger partial charge on any atom is 0.256 e. The van der Waals surface area contributed by atoms with Crippen LogP contribution in [0.5, 0.6) is 0 Å². The zero-order valence-electron chi connectivity index (χ0n) is 11.5. The molecule has 3 heterocycles. The molecule has 21 heavy (non-hydrogen) atoms. The summed E-state index contributed by atoms with van der Waals surface area (Å²) >= 11 is 0. The van der Waals surface area contributed by atoms with E-state index in [1.54, 1.807) is 0 Å². The standard InChI is InChI=1S/C13H13N7O/c1-5(2)10-6-3-8-9(4-7(6)16-13(10)21)15-11(14-8)12-17-19-20-18-12/h3-4,11,14-15H,1-2H3,(H,16,21)(H,17,18,19,20). The van der Waals surface area contributed by atoms with E-state index >= 15 is 0 Å². The van der Waals surface area contributed by atoms with Crippen LogP contribution in [0.2, 0.25) is 0 Å². The second kappa shape index (κ2) is 4.05. The van der Waals surface area contributed by atoms with Crippen molar-refractivity contribution in [1.29, 1.82) is 0 Å². The number of hydrogen-bond donors (Lipinski definition) is 4. The fourth-order valence-electron chi connectivity index (χ4n) is 2.72. The first-order valence-corrected chi connectivity index (χ1v) is 6.57. The van der Waals surface area contributed by atoms with E-state index in [4.69, 9.17) is 0 Å². The predicted molar refractivity (Wildman–Crippen MR) is 77.5 cm³/mol. The van der Waals surface area contributed by atoms with Crippen LogP contribution in [0.1, 0.15) is 31.4 Å². The number of carbonyl (C=O) groups is 1. The number of rotatable bonds is 1. The summed E-state index contributed by atoms with van der Waals surface area (Å²) in [5, 5.41) is 23.2. The van der Waals surface area contributed by atoms with E-state index in [1.165, 1.54) is 0 Å². The summed E-state index contributed by atoms with van der Waals surface area (Å²) in [6.45, 7) is 3.87. The lowest BCUT2D eigenvalue weighted by Gasteiger charge is -2.06. The minimum absolute atomic E-state index is 0.0512. The Bertz CT molecular complexity index is 774. The summed E-state index contributed by atoms with van der Waals surface area (Å²) in [4.78, 5) is 12.0. The number of benzene rings is 1. The molecule has 0 fully saturated rings. The van der Waals surface area contributed by atoms with Crippen molar-refractivity contribution < 1.29 is 4.79 Å². The predicted octanol–water partition coefficient (Wildman–Crippen LogP) is 1.48. The smallest absolute Gasteiger partial charge is 0.256 e. The van der Waals surface area contributed by atoms with Gasteiger partial charge in [0, 0.05) is 11.1 Å². The summed E-state index contributed by atoms with van der Waals surface area (Å²) in [5.41, 5.74) is 5.30. The number of nitrogens with one attached hydrogen (secondary N) is 4. The molecule has 4 N–H and O–H groups in total. The Kier molecular flexibility index (Phi) is 2.29. The highest BCUT2D eigenvalue weighted by Gasteiger charge is 2.30. The number of aromatic nitrogens is 4. The van der Waals surface area contributed by atoms with Crippen molar-refractivity contribution in [2.24, 2.45) is 0 Å².